The minimum atomic E-state index is -0.337. The number of benzene rings is 2. The molecular formula is C20H16Cl2N2O. The Hall–Kier alpha value is -2.36. The number of aromatic nitrogens is 1. The van der Waals surface area contributed by atoms with Crippen molar-refractivity contribution in [3.05, 3.63) is 99.8 Å². The van der Waals surface area contributed by atoms with Crippen molar-refractivity contribution < 1.29 is 4.79 Å². The van der Waals surface area contributed by atoms with Crippen LogP contribution in [0.15, 0.2) is 72.9 Å². The molecule has 1 N–H and O–H groups in total. The van der Waals surface area contributed by atoms with E-state index in [-0.39, 0.29) is 18.4 Å². The summed E-state index contributed by atoms with van der Waals surface area (Å²) in [5.41, 5.74) is 2.35. The van der Waals surface area contributed by atoms with Gasteiger partial charge in [0.2, 0.25) is 5.91 Å². The molecule has 0 bridgehead atoms. The molecule has 0 saturated heterocycles. The van der Waals surface area contributed by atoms with Crippen molar-refractivity contribution in [2.24, 2.45) is 0 Å². The van der Waals surface area contributed by atoms with E-state index in [1.807, 2.05) is 48.5 Å². The molecule has 0 aliphatic heterocycles. The standard InChI is InChI=1S/C20H16Cl2N2O/c21-16-9-6-10-17(22)15(16)13-19(25)24-20(14-7-2-1-3-8-14)18-11-4-5-12-23-18/h1-12,20H,13H2,(H,24,25)/t20-/m0/s1. The molecule has 0 aliphatic carbocycles. The SMILES string of the molecule is O=C(Cc1c(Cl)cccc1Cl)N[C@@H](c1ccccc1)c1ccccn1. The Balaban J connectivity index is 1.84. The van der Waals surface area contributed by atoms with Crippen molar-refractivity contribution in [1.29, 1.82) is 0 Å². The zero-order chi connectivity index (χ0) is 17.6. The molecule has 2 aromatic carbocycles. The van der Waals surface area contributed by atoms with Gasteiger partial charge in [-0.05, 0) is 35.4 Å². The van der Waals surface area contributed by atoms with Crippen molar-refractivity contribution in [3.63, 3.8) is 0 Å². The monoisotopic (exact) mass is 370 g/mol. The molecule has 126 valence electrons. The van der Waals surface area contributed by atoms with E-state index in [1.54, 1.807) is 24.4 Å². The fraction of sp³-hybridized carbons (Fsp3) is 0.100. The number of hydrogen-bond donors (Lipinski definition) is 1. The van der Waals surface area contributed by atoms with Gasteiger partial charge in [-0.1, -0.05) is 65.7 Å². The van der Waals surface area contributed by atoms with Crippen molar-refractivity contribution in [2.45, 2.75) is 12.5 Å². The maximum atomic E-state index is 12.6. The summed E-state index contributed by atoms with van der Waals surface area (Å²) in [6, 6.07) is 20.2. The fourth-order valence-electron chi connectivity index (χ4n) is 2.59. The highest BCUT2D eigenvalue weighted by Gasteiger charge is 2.19. The molecule has 0 unspecified atom stereocenters. The first-order valence-corrected chi connectivity index (χ1v) is 8.59. The Kier molecular flexibility index (Phi) is 5.69. The van der Waals surface area contributed by atoms with Crippen LogP contribution in [0.1, 0.15) is 22.9 Å². The summed E-state index contributed by atoms with van der Waals surface area (Å²) in [6.07, 6.45) is 1.82. The van der Waals surface area contributed by atoms with E-state index in [0.717, 1.165) is 11.3 Å². The van der Waals surface area contributed by atoms with Gasteiger partial charge in [0.1, 0.15) is 0 Å². The van der Waals surface area contributed by atoms with Crippen LogP contribution in [0.4, 0.5) is 0 Å². The molecule has 1 aromatic heterocycles. The lowest BCUT2D eigenvalue weighted by Crippen LogP contribution is -2.31. The molecule has 1 amide bonds. The second-order valence-corrected chi connectivity index (χ2v) is 6.36. The minimum absolute atomic E-state index is 0.106. The molecule has 0 fully saturated rings. The topological polar surface area (TPSA) is 42.0 Å². The van der Waals surface area contributed by atoms with E-state index in [9.17, 15) is 4.79 Å². The Morgan fingerprint density at radius 2 is 1.60 bits per heavy atom. The molecule has 25 heavy (non-hydrogen) atoms. The largest absolute Gasteiger partial charge is 0.343 e. The van der Waals surface area contributed by atoms with Crippen molar-refractivity contribution in [3.8, 4) is 0 Å². The molecule has 1 heterocycles. The van der Waals surface area contributed by atoms with Gasteiger partial charge in [-0.3, -0.25) is 9.78 Å². The van der Waals surface area contributed by atoms with Crippen LogP contribution >= 0.6 is 23.2 Å². The third kappa shape index (κ3) is 4.38. The molecule has 0 aliphatic rings. The second kappa shape index (κ2) is 8.15. The maximum Gasteiger partial charge on any atom is 0.225 e. The van der Waals surface area contributed by atoms with E-state index in [4.69, 9.17) is 23.2 Å². The van der Waals surface area contributed by atoms with Crippen LogP contribution < -0.4 is 5.32 Å². The van der Waals surface area contributed by atoms with Gasteiger partial charge in [-0.2, -0.15) is 0 Å². The molecule has 3 nitrogen and oxygen atoms in total. The summed E-state index contributed by atoms with van der Waals surface area (Å²) in [5.74, 6) is -0.172. The smallest absolute Gasteiger partial charge is 0.225 e. The Bertz CT molecular complexity index is 794. The van der Waals surface area contributed by atoms with Crippen molar-refractivity contribution >= 4 is 29.1 Å². The van der Waals surface area contributed by atoms with Crippen LogP contribution in [-0.2, 0) is 11.2 Å². The van der Waals surface area contributed by atoms with Gasteiger partial charge in [0.25, 0.3) is 0 Å². The van der Waals surface area contributed by atoms with Gasteiger partial charge in [0.15, 0.2) is 0 Å². The number of pyridine rings is 1. The Labute approximate surface area is 156 Å². The summed E-state index contributed by atoms with van der Waals surface area (Å²) in [6.45, 7) is 0. The zero-order valence-corrected chi connectivity index (χ0v) is 14.8. The van der Waals surface area contributed by atoms with Gasteiger partial charge in [0.05, 0.1) is 18.2 Å². The molecule has 5 heteroatoms. The van der Waals surface area contributed by atoms with Gasteiger partial charge in [-0.25, -0.2) is 0 Å². The predicted octanol–water partition coefficient (Wildman–Crippen LogP) is 4.84. The molecular weight excluding hydrogens is 355 g/mol. The normalized spacial score (nSPS) is 11.8. The van der Waals surface area contributed by atoms with Gasteiger partial charge in [0, 0.05) is 16.2 Å². The van der Waals surface area contributed by atoms with Gasteiger partial charge < -0.3 is 5.32 Å². The average molecular weight is 371 g/mol. The molecule has 1 atom stereocenters. The summed E-state index contributed by atoms with van der Waals surface area (Å²) in [4.78, 5) is 17.0. The summed E-state index contributed by atoms with van der Waals surface area (Å²) >= 11 is 12.3. The lowest BCUT2D eigenvalue weighted by Gasteiger charge is -2.19. The number of hydrogen-bond acceptors (Lipinski definition) is 2. The van der Waals surface area contributed by atoms with Crippen LogP contribution in [0.3, 0.4) is 0 Å². The highest BCUT2D eigenvalue weighted by atomic mass is 35.5. The third-order valence-electron chi connectivity index (χ3n) is 3.82. The summed E-state index contributed by atoms with van der Waals surface area (Å²) in [5, 5.41) is 4.00. The predicted molar refractivity (Wildman–Crippen MR) is 101 cm³/mol. The van der Waals surface area contributed by atoms with E-state index < -0.39 is 0 Å². The van der Waals surface area contributed by atoms with Crippen molar-refractivity contribution in [2.75, 3.05) is 0 Å². The lowest BCUT2D eigenvalue weighted by atomic mass is 10.0. The van der Waals surface area contributed by atoms with E-state index in [1.165, 1.54) is 0 Å². The van der Waals surface area contributed by atoms with Crippen LogP contribution in [0.25, 0.3) is 0 Å². The lowest BCUT2D eigenvalue weighted by molar-refractivity contribution is -0.121. The fourth-order valence-corrected chi connectivity index (χ4v) is 3.13. The first-order valence-electron chi connectivity index (χ1n) is 7.83. The summed E-state index contributed by atoms with van der Waals surface area (Å²) < 4.78 is 0. The number of nitrogens with one attached hydrogen (secondary N) is 1. The number of carbonyl (C=O) groups is 1. The van der Waals surface area contributed by atoms with E-state index in [2.05, 4.69) is 10.3 Å². The van der Waals surface area contributed by atoms with Crippen LogP contribution in [0, 0.1) is 0 Å². The Morgan fingerprint density at radius 1 is 0.920 bits per heavy atom. The van der Waals surface area contributed by atoms with Crippen LogP contribution in [0.5, 0.6) is 0 Å². The Morgan fingerprint density at radius 3 is 2.24 bits per heavy atom. The first kappa shape index (κ1) is 17.5. The highest BCUT2D eigenvalue weighted by molar-refractivity contribution is 6.36. The number of rotatable bonds is 5. The zero-order valence-electron chi connectivity index (χ0n) is 13.3. The molecule has 0 spiro atoms. The molecule has 3 rings (SSSR count). The molecule has 0 radical (unpaired) electrons. The molecule has 0 saturated carbocycles. The average Bonchev–Trinajstić information content (AvgIpc) is 2.64. The van der Waals surface area contributed by atoms with E-state index in [0.29, 0.717) is 15.6 Å². The number of carbonyl (C=O) groups excluding carboxylic acids is 1. The van der Waals surface area contributed by atoms with E-state index >= 15 is 0 Å². The number of halogens is 2. The van der Waals surface area contributed by atoms with Crippen LogP contribution in [0.2, 0.25) is 10.0 Å². The number of nitrogens with zero attached hydrogens (tertiary/aromatic N) is 1. The minimum Gasteiger partial charge on any atom is -0.343 e. The first-order chi connectivity index (χ1) is 12.1. The summed E-state index contributed by atoms with van der Waals surface area (Å²) in [7, 11) is 0. The molecule has 3 aromatic rings. The van der Waals surface area contributed by atoms with Crippen molar-refractivity contribution in [1.82, 2.24) is 10.3 Å². The maximum absolute atomic E-state index is 12.6. The highest BCUT2D eigenvalue weighted by Crippen LogP contribution is 2.25. The quantitative estimate of drug-likeness (QED) is 0.698. The third-order valence-corrected chi connectivity index (χ3v) is 4.53. The van der Waals surface area contributed by atoms with Gasteiger partial charge >= 0.3 is 0 Å². The second-order valence-electron chi connectivity index (χ2n) is 5.54. The van der Waals surface area contributed by atoms with Crippen LogP contribution in [-0.4, -0.2) is 10.9 Å². The number of amides is 1. The van der Waals surface area contributed by atoms with Gasteiger partial charge in [-0.15, -0.1) is 0 Å².